The van der Waals surface area contributed by atoms with Crippen molar-refractivity contribution in [3.05, 3.63) is 29.8 Å². The standard InChI is InChI=1S/C14H20N2O2/c1-3-18-9-10(2)16-14(17)12-8-15-13-7-5-4-6-11(12)13/h4-7,10,12,15H,3,8-9H2,1-2H3,(H,16,17). The Bertz CT molecular complexity index is 420. The number of benzene rings is 1. The van der Waals surface area contributed by atoms with Crippen molar-refractivity contribution in [2.45, 2.75) is 25.8 Å². The largest absolute Gasteiger partial charge is 0.384 e. The number of amides is 1. The first kappa shape index (κ1) is 12.9. The highest BCUT2D eigenvalue weighted by atomic mass is 16.5. The third kappa shape index (κ3) is 2.82. The minimum absolute atomic E-state index is 0.0465. The summed E-state index contributed by atoms with van der Waals surface area (Å²) >= 11 is 0. The van der Waals surface area contributed by atoms with Crippen LogP contribution in [-0.2, 0) is 9.53 Å². The summed E-state index contributed by atoms with van der Waals surface area (Å²) in [6.07, 6.45) is 0. The number of carbonyl (C=O) groups excluding carboxylic acids is 1. The fourth-order valence-electron chi connectivity index (χ4n) is 2.20. The van der Waals surface area contributed by atoms with Crippen LogP contribution in [-0.4, -0.2) is 31.7 Å². The van der Waals surface area contributed by atoms with Gasteiger partial charge in [-0.1, -0.05) is 18.2 Å². The van der Waals surface area contributed by atoms with Gasteiger partial charge in [-0.25, -0.2) is 0 Å². The van der Waals surface area contributed by atoms with E-state index in [1.165, 1.54) is 0 Å². The van der Waals surface area contributed by atoms with Gasteiger partial charge in [-0.2, -0.15) is 0 Å². The normalized spacial score (nSPS) is 18.9. The summed E-state index contributed by atoms with van der Waals surface area (Å²) in [6, 6.07) is 8.00. The lowest BCUT2D eigenvalue weighted by Crippen LogP contribution is -2.39. The summed E-state index contributed by atoms with van der Waals surface area (Å²) in [5.74, 6) is -0.0232. The molecule has 2 N–H and O–H groups in total. The molecule has 1 aromatic carbocycles. The molecule has 4 heteroatoms. The van der Waals surface area contributed by atoms with Gasteiger partial charge in [0, 0.05) is 24.9 Å². The van der Waals surface area contributed by atoms with Crippen LogP contribution in [0.5, 0.6) is 0 Å². The van der Waals surface area contributed by atoms with Crippen molar-refractivity contribution < 1.29 is 9.53 Å². The zero-order valence-electron chi connectivity index (χ0n) is 10.9. The number of carbonyl (C=O) groups is 1. The minimum atomic E-state index is -0.0923. The highest BCUT2D eigenvalue weighted by molar-refractivity contribution is 5.88. The molecule has 1 heterocycles. The Hall–Kier alpha value is -1.55. The molecular formula is C14H20N2O2. The number of nitrogens with one attached hydrogen (secondary N) is 2. The monoisotopic (exact) mass is 248 g/mol. The Morgan fingerprint density at radius 2 is 2.33 bits per heavy atom. The second kappa shape index (κ2) is 5.87. The van der Waals surface area contributed by atoms with Crippen molar-refractivity contribution in [1.82, 2.24) is 5.32 Å². The smallest absolute Gasteiger partial charge is 0.229 e. The summed E-state index contributed by atoms with van der Waals surface area (Å²) in [6.45, 7) is 5.82. The predicted molar refractivity (Wildman–Crippen MR) is 71.8 cm³/mol. The molecule has 2 unspecified atom stereocenters. The molecule has 0 fully saturated rings. The van der Waals surface area contributed by atoms with Crippen LogP contribution >= 0.6 is 0 Å². The Kier molecular flexibility index (Phi) is 4.20. The second-order valence-corrected chi connectivity index (χ2v) is 4.59. The van der Waals surface area contributed by atoms with Crippen molar-refractivity contribution in [1.29, 1.82) is 0 Å². The van der Waals surface area contributed by atoms with Gasteiger partial charge in [0.05, 0.1) is 12.5 Å². The van der Waals surface area contributed by atoms with Crippen LogP contribution in [0.4, 0.5) is 5.69 Å². The maximum atomic E-state index is 12.2. The van der Waals surface area contributed by atoms with Gasteiger partial charge < -0.3 is 15.4 Å². The van der Waals surface area contributed by atoms with E-state index < -0.39 is 0 Å². The SMILES string of the molecule is CCOCC(C)NC(=O)C1CNc2ccccc21. The number of fused-ring (bicyclic) bond motifs is 1. The summed E-state index contributed by atoms with van der Waals surface area (Å²) in [4.78, 5) is 12.2. The Labute approximate surface area is 108 Å². The third-order valence-electron chi connectivity index (χ3n) is 3.11. The van der Waals surface area contributed by atoms with Crippen LogP contribution in [0.3, 0.4) is 0 Å². The molecule has 0 spiro atoms. The number of para-hydroxylation sites is 1. The number of anilines is 1. The number of hydrogen-bond donors (Lipinski definition) is 2. The van der Waals surface area contributed by atoms with E-state index in [0.29, 0.717) is 19.8 Å². The highest BCUT2D eigenvalue weighted by Gasteiger charge is 2.28. The van der Waals surface area contributed by atoms with Crippen LogP contribution < -0.4 is 10.6 Å². The summed E-state index contributed by atoms with van der Waals surface area (Å²) < 4.78 is 5.30. The van der Waals surface area contributed by atoms with Gasteiger partial charge in [0.25, 0.3) is 0 Å². The fraction of sp³-hybridized carbons (Fsp3) is 0.500. The zero-order valence-corrected chi connectivity index (χ0v) is 10.9. The Morgan fingerprint density at radius 3 is 3.11 bits per heavy atom. The molecular weight excluding hydrogens is 228 g/mol. The number of ether oxygens (including phenoxy) is 1. The minimum Gasteiger partial charge on any atom is -0.384 e. The van der Waals surface area contributed by atoms with Crippen LogP contribution in [0.25, 0.3) is 0 Å². The summed E-state index contributed by atoms with van der Waals surface area (Å²) in [7, 11) is 0. The molecule has 18 heavy (non-hydrogen) atoms. The average molecular weight is 248 g/mol. The molecule has 4 nitrogen and oxygen atoms in total. The van der Waals surface area contributed by atoms with E-state index in [-0.39, 0.29) is 17.9 Å². The Balaban J connectivity index is 1.95. The lowest BCUT2D eigenvalue weighted by atomic mass is 10.0. The van der Waals surface area contributed by atoms with E-state index in [0.717, 1.165) is 11.3 Å². The van der Waals surface area contributed by atoms with Gasteiger partial charge in [-0.15, -0.1) is 0 Å². The molecule has 1 aromatic rings. The van der Waals surface area contributed by atoms with E-state index in [2.05, 4.69) is 10.6 Å². The molecule has 1 amide bonds. The second-order valence-electron chi connectivity index (χ2n) is 4.59. The number of rotatable bonds is 5. The van der Waals surface area contributed by atoms with E-state index in [1.807, 2.05) is 38.1 Å². The molecule has 0 radical (unpaired) electrons. The number of hydrogen-bond acceptors (Lipinski definition) is 3. The van der Waals surface area contributed by atoms with Gasteiger partial charge >= 0.3 is 0 Å². The van der Waals surface area contributed by atoms with Crippen LogP contribution in [0, 0.1) is 0 Å². The molecule has 1 aliphatic rings. The van der Waals surface area contributed by atoms with Gasteiger partial charge in [0.15, 0.2) is 0 Å². The first-order chi connectivity index (χ1) is 8.72. The molecule has 98 valence electrons. The molecule has 0 aromatic heterocycles. The summed E-state index contributed by atoms with van der Waals surface area (Å²) in [5.41, 5.74) is 2.15. The molecule has 2 atom stereocenters. The van der Waals surface area contributed by atoms with Crippen LogP contribution in [0.2, 0.25) is 0 Å². The van der Waals surface area contributed by atoms with Crippen LogP contribution in [0.15, 0.2) is 24.3 Å². The average Bonchev–Trinajstić information content (AvgIpc) is 2.80. The van der Waals surface area contributed by atoms with E-state index in [1.54, 1.807) is 0 Å². The van der Waals surface area contributed by atoms with Gasteiger partial charge in [0.1, 0.15) is 0 Å². The van der Waals surface area contributed by atoms with Gasteiger partial charge in [-0.05, 0) is 25.5 Å². The molecule has 0 saturated carbocycles. The maximum absolute atomic E-state index is 12.2. The van der Waals surface area contributed by atoms with Gasteiger partial charge in [0.2, 0.25) is 5.91 Å². The molecule has 2 rings (SSSR count). The first-order valence-corrected chi connectivity index (χ1v) is 6.43. The highest BCUT2D eigenvalue weighted by Crippen LogP contribution is 2.30. The zero-order chi connectivity index (χ0) is 13.0. The van der Waals surface area contributed by atoms with E-state index in [4.69, 9.17) is 4.74 Å². The van der Waals surface area contributed by atoms with Crippen LogP contribution in [0.1, 0.15) is 25.3 Å². The molecule has 1 aliphatic heterocycles. The topological polar surface area (TPSA) is 50.4 Å². The van der Waals surface area contributed by atoms with E-state index in [9.17, 15) is 4.79 Å². The molecule has 0 aliphatic carbocycles. The maximum Gasteiger partial charge on any atom is 0.229 e. The van der Waals surface area contributed by atoms with Gasteiger partial charge in [-0.3, -0.25) is 4.79 Å². The molecule has 0 saturated heterocycles. The van der Waals surface area contributed by atoms with Crippen molar-refractivity contribution in [2.75, 3.05) is 25.1 Å². The van der Waals surface area contributed by atoms with Crippen molar-refractivity contribution in [3.8, 4) is 0 Å². The fourth-order valence-corrected chi connectivity index (χ4v) is 2.20. The van der Waals surface area contributed by atoms with E-state index >= 15 is 0 Å². The first-order valence-electron chi connectivity index (χ1n) is 6.43. The lowest BCUT2D eigenvalue weighted by molar-refractivity contribution is -0.123. The van der Waals surface area contributed by atoms with Crippen molar-refractivity contribution in [2.24, 2.45) is 0 Å². The Morgan fingerprint density at radius 1 is 1.56 bits per heavy atom. The third-order valence-corrected chi connectivity index (χ3v) is 3.11. The van der Waals surface area contributed by atoms with Crippen molar-refractivity contribution >= 4 is 11.6 Å². The molecule has 0 bridgehead atoms. The van der Waals surface area contributed by atoms with Crippen molar-refractivity contribution in [3.63, 3.8) is 0 Å². The summed E-state index contributed by atoms with van der Waals surface area (Å²) in [5, 5.41) is 6.25. The predicted octanol–water partition coefficient (Wildman–Crippen LogP) is 1.74. The lowest BCUT2D eigenvalue weighted by Gasteiger charge is -2.17. The quantitative estimate of drug-likeness (QED) is 0.834.